The zero-order chi connectivity index (χ0) is 18.8. The SMILES string of the molecule is COc1cccc(COC(=O)CN2C(=O)c3cc(Cl)c(Cl)cc3C2=O)c1. The summed E-state index contributed by atoms with van der Waals surface area (Å²) in [5.41, 5.74) is 0.952. The van der Waals surface area contributed by atoms with E-state index in [0.717, 1.165) is 10.5 Å². The van der Waals surface area contributed by atoms with Gasteiger partial charge in [0.1, 0.15) is 18.9 Å². The van der Waals surface area contributed by atoms with Gasteiger partial charge in [-0.25, -0.2) is 0 Å². The number of nitrogens with zero attached hydrogens (tertiary/aromatic N) is 1. The van der Waals surface area contributed by atoms with Crippen molar-refractivity contribution in [2.45, 2.75) is 6.61 Å². The summed E-state index contributed by atoms with van der Waals surface area (Å²) >= 11 is 11.8. The Hall–Kier alpha value is -2.57. The Labute approximate surface area is 159 Å². The molecule has 134 valence electrons. The summed E-state index contributed by atoms with van der Waals surface area (Å²) in [7, 11) is 1.53. The number of carbonyl (C=O) groups is 3. The third-order valence-corrected chi connectivity index (χ3v) is 4.55. The molecule has 0 aliphatic carbocycles. The molecular formula is C18H13Cl2NO5. The van der Waals surface area contributed by atoms with Gasteiger partial charge in [0.05, 0.1) is 28.3 Å². The van der Waals surface area contributed by atoms with Gasteiger partial charge in [0.2, 0.25) is 0 Å². The van der Waals surface area contributed by atoms with E-state index in [0.29, 0.717) is 5.75 Å². The highest BCUT2D eigenvalue weighted by Crippen LogP contribution is 2.31. The average molecular weight is 394 g/mol. The molecule has 0 N–H and O–H groups in total. The molecule has 0 unspecified atom stereocenters. The minimum absolute atomic E-state index is 0.00312. The van der Waals surface area contributed by atoms with Crippen LogP contribution in [0.1, 0.15) is 26.3 Å². The second-order valence-electron chi connectivity index (χ2n) is 5.52. The molecule has 8 heteroatoms. The molecule has 0 saturated carbocycles. The molecular weight excluding hydrogens is 381 g/mol. The van der Waals surface area contributed by atoms with Gasteiger partial charge in [-0.3, -0.25) is 19.3 Å². The maximum atomic E-state index is 12.3. The van der Waals surface area contributed by atoms with Crippen molar-refractivity contribution in [1.29, 1.82) is 0 Å². The smallest absolute Gasteiger partial charge is 0.326 e. The Morgan fingerprint density at radius 1 is 1.04 bits per heavy atom. The van der Waals surface area contributed by atoms with Crippen molar-refractivity contribution in [2.24, 2.45) is 0 Å². The number of hydrogen-bond donors (Lipinski definition) is 0. The number of amides is 2. The van der Waals surface area contributed by atoms with E-state index < -0.39 is 24.3 Å². The third kappa shape index (κ3) is 3.52. The highest BCUT2D eigenvalue weighted by Gasteiger charge is 2.37. The largest absolute Gasteiger partial charge is 0.497 e. The van der Waals surface area contributed by atoms with Crippen molar-refractivity contribution in [1.82, 2.24) is 4.90 Å². The second kappa shape index (κ2) is 7.35. The van der Waals surface area contributed by atoms with Gasteiger partial charge in [-0.05, 0) is 29.8 Å². The zero-order valence-corrected chi connectivity index (χ0v) is 15.1. The maximum Gasteiger partial charge on any atom is 0.326 e. The van der Waals surface area contributed by atoms with Gasteiger partial charge in [0.25, 0.3) is 11.8 Å². The van der Waals surface area contributed by atoms with E-state index in [2.05, 4.69) is 0 Å². The molecule has 2 aromatic carbocycles. The van der Waals surface area contributed by atoms with Gasteiger partial charge in [-0.15, -0.1) is 0 Å². The van der Waals surface area contributed by atoms with Crippen molar-refractivity contribution >= 4 is 41.0 Å². The highest BCUT2D eigenvalue weighted by molar-refractivity contribution is 6.43. The van der Waals surface area contributed by atoms with Crippen LogP contribution in [0.5, 0.6) is 5.75 Å². The molecule has 6 nitrogen and oxygen atoms in total. The summed E-state index contributed by atoms with van der Waals surface area (Å²) in [6.07, 6.45) is 0. The lowest BCUT2D eigenvalue weighted by atomic mass is 10.1. The molecule has 0 radical (unpaired) electrons. The molecule has 1 heterocycles. The van der Waals surface area contributed by atoms with E-state index in [1.807, 2.05) is 0 Å². The number of carbonyl (C=O) groups excluding carboxylic acids is 3. The number of fused-ring (bicyclic) bond motifs is 1. The number of imide groups is 1. The molecule has 1 aliphatic rings. The summed E-state index contributed by atoms with van der Waals surface area (Å²) in [4.78, 5) is 37.5. The predicted octanol–water partition coefficient (Wildman–Crippen LogP) is 3.34. The van der Waals surface area contributed by atoms with E-state index in [1.165, 1.54) is 19.2 Å². The van der Waals surface area contributed by atoms with Crippen LogP contribution in [0.4, 0.5) is 0 Å². The number of rotatable bonds is 5. The first-order chi connectivity index (χ1) is 12.4. The molecule has 0 fully saturated rings. The topological polar surface area (TPSA) is 72.9 Å². The first kappa shape index (κ1) is 18.2. The minimum atomic E-state index is -0.709. The van der Waals surface area contributed by atoms with Crippen molar-refractivity contribution in [2.75, 3.05) is 13.7 Å². The van der Waals surface area contributed by atoms with Gasteiger partial charge in [0.15, 0.2) is 0 Å². The number of ether oxygens (including phenoxy) is 2. The highest BCUT2D eigenvalue weighted by atomic mass is 35.5. The second-order valence-corrected chi connectivity index (χ2v) is 6.33. The fourth-order valence-electron chi connectivity index (χ4n) is 2.53. The van der Waals surface area contributed by atoms with Gasteiger partial charge in [-0.1, -0.05) is 35.3 Å². The molecule has 0 atom stereocenters. The van der Waals surface area contributed by atoms with Crippen LogP contribution in [0.15, 0.2) is 36.4 Å². The number of methoxy groups -OCH3 is 1. The number of benzene rings is 2. The van der Waals surface area contributed by atoms with Crippen LogP contribution in [0.2, 0.25) is 10.0 Å². The molecule has 2 amide bonds. The van der Waals surface area contributed by atoms with E-state index in [-0.39, 0.29) is 27.8 Å². The Kier molecular flexibility index (Phi) is 5.15. The summed E-state index contributed by atoms with van der Waals surface area (Å²) < 4.78 is 10.2. The van der Waals surface area contributed by atoms with Crippen molar-refractivity contribution in [3.05, 3.63) is 63.1 Å². The van der Waals surface area contributed by atoms with Crippen molar-refractivity contribution in [3.63, 3.8) is 0 Å². The lowest BCUT2D eigenvalue weighted by Gasteiger charge is -2.13. The van der Waals surface area contributed by atoms with Crippen LogP contribution in [0.25, 0.3) is 0 Å². The molecule has 1 aliphatic heterocycles. The Bertz CT molecular complexity index is 871. The predicted molar refractivity (Wildman–Crippen MR) is 94.6 cm³/mol. The number of halogens is 2. The fraction of sp³-hybridized carbons (Fsp3) is 0.167. The van der Waals surface area contributed by atoms with Gasteiger partial charge in [-0.2, -0.15) is 0 Å². The summed E-state index contributed by atoms with van der Waals surface area (Å²) in [6.45, 7) is -0.498. The zero-order valence-electron chi connectivity index (χ0n) is 13.6. The van der Waals surface area contributed by atoms with Gasteiger partial charge in [0, 0.05) is 0 Å². The number of esters is 1. The molecule has 0 aromatic heterocycles. The lowest BCUT2D eigenvalue weighted by molar-refractivity contribution is -0.145. The molecule has 2 aromatic rings. The van der Waals surface area contributed by atoms with Crippen LogP contribution in [0, 0.1) is 0 Å². The first-order valence-electron chi connectivity index (χ1n) is 7.54. The standard InChI is InChI=1S/C18H13Cl2NO5/c1-25-11-4-2-3-10(5-11)9-26-16(22)8-21-17(23)12-6-14(19)15(20)7-13(12)18(21)24/h2-7H,8-9H2,1H3. The molecule has 0 saturated heterocycles. The summed E-state index contributed by atoms with van der Waals surface area (Å²) in [5, 5.41) is 0.322. The quantitative estimate of drug-likeness (QED) is 0.575. The van der Waals surface area contributed by atoms with Crippen molar-refractivity contribution in [3.8, 4) is 5.75 Å². The van der Waals surface area contributed by atoms with Crippen LogP contribution in [-0.2, 0) is 16.1 Å². The first-order valence-corrected chi connectivity index (χ1v) is 8.30. The number of hydrogen-bond acceptors (Lipinski definition) is 5. The van der Waals surface area contributed by atoms with Gasteiger partial charge < -0.3 is 9.47 Å². The average Bonchev–Trinajstić information content (AvgIpc) is 2.85. The minimum Gasteiger partial charge on any atom is -0.497 e. The van der Waals surface area contributed by atoms with Gasteiger partial charge >= 0.3 is 5.97 Å². The van der Waals surface area contributed by atoms with E-state index in [1.54, 1.807) is 24.3 Å². The summed E-state index contributed by atoms with van der Waals surface area (Å²) in [6, 6.07) is 9.66. The van der Waals surface area contributed by atoms with Crippen LogP contribution in [-0.4, -0.2) is 36.3 Å². The maximum absolute atomic E-state index is 12.3. The normalized spacial score (nSPS) is 13.0. The lowest BCUT2D eigenvalue weighted by Crippen LogP contribution is -2.35. The van der Waals surface area contributed by atoms with E-state index in [9.17, 15) is 14.4 Å². The molecule has 3 rings (SSSR count). The Balaban J connectivity index is 1.66. The van der Waals surface area contributed by atoms with Crippen LogP contribution in [0.3, 0.4) is 0 Å². The van der Waals surface area contributed by atoms with Crippen molar-refractivity contribution < 1.29 is 23.9 Å². The van der Waals surface area contributed by atoms with Crippen LogP contribution < -0.4 is 4.74 Å². The fourth-order valence-corrected chi connectivity index (χ4v) is 2.86. The molecule has 26 heavy (non-hydrogen) atoms. The Morgan fingerprint density at radius 3 is 2.23 bits per heavy atom. The third-order valence-electron chi connectivity index (χ3n) is 3.83. The molecule has 0 bridgehead atoms. The van der Waals surface area contributed by atoms with Crippen LogP contribution >= 0.6 is 23.2 Å². The summed E-state index contributed by atoms with van der Waals surface area (Å²) in [5.74, 6) is -1.30. The van der Waals surface area contributed by atoms with E-state index >= 15 is 0 Å². The van der Waals surface area contributed by atoms with E-state index in [4.69, 9.17) is 32.7 Å². The molecule has 0 spiro atoms. The monoisotopic (exact) mass is 393 g/mol. The Morgan fingerprint density at radius 2 is 1.65 bits per heavy atom.